The molecule has 2 fully saturated rings. The van der Waals surface area contributed by atoms with Crippen LogP contribution in [-0.2, 0) is 13.0 Å². The van der Waals surface area contributed by atoms with E-state index in [1.54, 1.807) is 5.56 Å². The third-order valence-corrected chi connectivity index (χ3v) is 11.3. The summed E-state index contributed by atoms with van der Waals surface area (Å²) in [6, 6.07) is 17.3. The van der Waals surface area contributed by atoms with E-state index < -0.39 is 0 Å². The Morgan fingerprint density at radius 1 is 0.897 bits per heavy atom. The number of alkyl halides is 1. The summed E-state index contributed by atoms with van der Waals surface area (Å²) in [5, 5.41) is 12.7. The molecular weight excluding hydrogens is 544 g/mol. The lowest BCUT2D eigenvalue weighted by molar-refractivity contribution is -0.0335. The van der Waals surface area contributed by atoms with Crippen LogP contribution < -0.4 is 4.74 Å². The number of halogens is 1. The van der Waals surface area contributed by atoms with E-state index in [0.29, 0.717) is 24.4 Å². The molecule has 0 spiro atoms. The molecule has 39 heavy (non-hydrogen) atoms. The largest absolute Gasteiger partial charge is 0.489 e. The second kappa shape index (κ2) is 14.0. The molecule has 0 saturated heterocycles. The van der Waals surface area contributed by atoms with Crippen LogP contribution in [0.3, 0.4) is 0 Å². The predicted molar refractivity (Wildman–Crippen MR) is 167 cm³/mol. The zero-order chi connectivity index (χ0) is 27.1. The summed E-state index contributed by atoms with van der Waals surface area (Å²) in [5.74, 6) is 3.59. The lowest BCUT2D eigenvalue weighted by atomic mass is 9.55. The molecule has 2 aromatic rings. The summed E-state index contributed by atoms with van der Waals surface area (Å²) in [7, 11) is 0. The first-order valence-corrected chi connectivity index (χ1v) is 17.3. The van der Waals surface area contributed by atoms with Crippen molar-refractivity contribution >= 4 is 15.9 Å². The van der Waals surface area contributed by atoms with Gasteiger partial charge in [-0.25, -0.2) is 0 Å². The van der Waals surface area contributed by atoms with Crippen LogP contribution in [-0.4, -0.2) is 16.5 Å². The maximum absolute atomic E-state index is 11.5. The van der Waals surface area contributed by atoms with Gasteiger partial charge in [0.25, 0.3) is 0 Å². The van der Waals surface area contributed by atoms with Crippen LogP contribution in [0.15, 0.2) is 48.5 Å². The highest BCUT2D eigenvalue weighted by molar-refractivity contribution is 9.09. The zero-order valence-electron chi connectivity index (χ0n) is 24.3. The monoisotopic (exact) mass is 594 g/mol. The molecule has 0 heterocycles. The summed E-state index contributed by atoms with van der Waals surface area (Å²) in [4.78, 5) is 0. The number of hydrogen-bond donors (Lipinski definition) is 1. The molecular formula is C36H51BrO2. The van der Waals surface area contributed by atoms with Gasteiger partial charge in [0, 0.05) is 5.33 Å². The number of ether oxygens (including phenoxy) is 1. The van der Waals surface area contributed by atoms with Gasteiger partial charge < -0.3 is 9.84 Å². The number of fused-ring (bicyclic) bond motifs is 5. The highest BCUT2D eigenvalue weighted by Gasteiger charge is 2.57. The van der Waals surface area contributed by atoms with Crippen molar-refractivity contribution in [3.63, 3.8) is 0 Å². The SMILES string of the molecule is C[C@]12CC[C@@H]3c4ccc(OCc5ccccc5)cc4CC[C@H]3[C@@H]1C[C@H](CCCCCCCCCCCBr)[C@@H]2O. The van der Waals surface area contributed by atoms with Crippen LogP contribution in [0.25, 0.3) is 0 Å². The smallest absolute Gasteiger partial charge is 0.120 e. The molecule has 0 aromatic heterocycles. The summed E-state index contributed by atoms with van der Waals surface area (Å²) >= 11 is 3.53. The number of aliphatic hydroxyl groups is 1. The van der Waals surface area contributed by atoms with Crippen molar-refractivity contribution in [2.75, 3.05) is 5.33 Å². The lowest BCUT2D eigenvalue weighted by Gasteiger charge is -2.50. The Bertz CT molecular complexity index is 1020. The molecule has 2 saturated carbocycles. The Kier molecular flexibility index (Phi) is 10.5. The molecule has 5 rings (SSSR count). The van der Waals surface area contributed by atoms with Gasteiger partial charge in [0.15, 0.2) is 0 Å². The Morgan fingerprint density at radius 2 is 1.62 bits per heavy atom. The third-order valence-electron chi connectivity index (χ3n) is 10.8. The van der Waals surface area contributed by atoms with Crippen LogP contribution in [0.4, 0.5) is 0 Å². The number of aliphatic hydroxyl groups excluding tert-OH is 1. The van der Waals surface area contributed by atoms with E-state index >= 15 is 0 Å². The van der Waals surface area contributed by atoms with Crippen LogP contribution in [0.1, 0.15) is 119 Å². The summed E-state index contributed by atoms with van der Waals surface area (Å²) in [5.41, 5.74) is 4.42. The fourth-order valence-electron chi connectivity index (χ4n) is 8.56. The van der Waals surface area contributed by atoms with Gasteiger partial charge >= 0.3 is 0 Å². The van der Waals surface area contributed by atoms with Crippen molar-refractivity contribution in [2.24, 2.45) is 23.2 Å². The van der Waals surface area contributed by atoms with Crippen molar-refractivity contribution in [3.8, 4) is 5.75 Å². The fourth-order valence-corrected chi connectivity index (χ4v) is 8.95. The van der Waals surface area contributed by atoms with E-state index in [9.17, 15) is 5.11 Å². The first kappa shape index (κ1) is 29.2. The van der Waals surface area contributed by atoms with E-state index in [1.807, 2.05) is 0 Å². The van der Waals surface area contributed by atoms with E-state index in [1.165, 1.54) is 101 Å². The van der Waals surface area contributed by atoms with Crippen LogP contribution in [0.2, 0.25) is 0 Å². The predicted octanol–water partition coefficient (Wildman–Crippen LogP) is 10.0. The van der Waals surface area contributed by atoms with E-state index in [-0.39, 0.29) is 11.5 Å². The Hall–Kier alpha value is -1.32. The number of hydrogen-bond acceptors (Lipinski definition) is 2. The van der Waals surface area contributed by atoms with Gasteiger partial charge in [-0.1, -0.05) is 111 Å². The molecule has 2 aromatic carbocycles. The molecule has 0 aliphatic heterocycles. The summed E-state index contributed by atoms with van der Waals surface area (Å²) in [6.45, 7) is 3.06. The van der Waals surface area contributed by atoms with Gasteiger partial charge in [-0.2, -0.15) is 0 Å². The lowest BCUT2D eigenvalue weighted by Crippen LogP contribution is -2.44. The van der Waals surface area contributed by atoms with Crippen molar-refractivity contribution in [2.45, 2.75) is 122 Å². The number of rotatable bonds is 14. The van der Waals surface area contributed by atoms with Gasteiger partial charge in [-0.15, -0.1) is 0 Å². The first-order chi connectivity index (χ1) is 19.1. The van der Waals surface area contributed by atoms with Crippen molar-refractivity contribution in [3.05, 3.63) is 65.2 Å². The molecule has 0 unspecified atom stereocenters. The van der Waals surface area contributed by atoms with E-state index in [4.69, 9.17) is 4.74 Å². The third kappa shape index (κ3) is 6.95. The van der Waals surface area contributed by atoms with Gasteiger partial charge in [-0.3, -0.25) is 0 Å². The molecule has 6 atom stereocenters. The summed E-state index contributed by atoms with van der Waals surface area (Å²) in [6.07, 6.45) is 19.5. The Labute approximate surface area is 246 Å². The van der Waals surface area contributed by atoms with E-state index in [2.05, 4.69) is 71.4 Å². The molecule has 3 aliphatic rings. The Morgan fingerprint density at radius 3 is 2.36 bits per heavy atom. The van der Waals surface area contributed by atoms with Gasteiger partial charge in [0.2, 0.25) is 0 Å². The quantitative estimate of drug-likeness (QED) is 0.174. The number of unbranched alkanes of at least 4 members (excludes halogenated alkanes) is 8. The first-order valence-electron chi connectivity index (χ1n) is 16.1. The normalized spacial score (nSPS) is 29.5. The Balaban J connectivity index is 1.11. The minimum Gasteiger partial charge on any atom is -0.489 e. The zero-order valence-corrected chi connectivity index (χ0v) is 25.8. The molecule has 1 N–H and O–H groups in total. The van der Waals surface area contributed by atoms with Crippen LogP contribution in [0, 0.1) is 23.2 Å². The topological polar surface area (TPSA) is 29.5 Å². The number of aryl methyl sites for hydroxylation is 1. The van der Waals surface area contributed by atoms with Gasteiger partial charge in [0.05, 0.1) is 6.10 Å². The second-order valence-corrected chi connectivity index (χ2v) is 14.0. The van der Waals surface area contributed by atoms with Crippen molar-refractivity contribution < 1.29 is 9.84 Å². The van der Waals surface area contributed by atoms with Crippen LogP contribution in [0.5, 0.6) is 5.75 Å². The molecule has 0 bridgehead atoms. The van der Waals surface area contributed by atoms with Gasteiger partial charge in [-0.05, 0) is 103 Å². The molecule has 3 heteroatoms. The van der Waals surface area contributed by atoms with Crippen LogP contribution >= 0.6 is 15.9 Å². The fraction of sp³-hybridized carbons (Fsp3) is 0.667. The van der Waals surface area contributed by atoms with Gasteiger partial charge in [0.1, 0.15) is 12.4 Å². The molecule has 0 radical (unpaired) electrons. The van der Waals surface area contributed by atoms with E-state index in [0.717, 1.165) is 23.4 Å². The molecule has 214 valence electrons. The van der Waals surface area contributed by atoms with Crippen molar-refractivity contribution in [1.29, 1.82) is 0 Å². The second-order valence-electron chi connectivity index (χ2n) is 13.2. The molecule has 2 nitrogen and oxygen atoms in total. The minimum absolute atomic E-state index is 0.104. The highest BCUT2D eigenvalue weighted by atomic mass is 79.9. The standard InChI is InChI=1S/C36H51BrO2/c1-36-22-21-32-31-20-18-30(39-26-27-14-10-9-11-15-27)24-28(31)17-19-33(32)34(36)25-29(35(36)38)16-12-7-5-3-2-4-6-8-13-23-37/h9-11,14-15,18,20,24,29,32-35,38H,2-8,12-13,16-17,19,21-23,25-26H2,1H3/t29-,32+,33+,34-,35-,36-/m0/s1. The minimum atomic E-state index is -0.104. The molecule has 0 amide bonds. The number of benzene rings is 2. The van der Waals surface area contributed by atoms with Crippen molar-refractivity contribution in [1.82, 2.24) is 0 Å². The average molecular weight is 596 g/mol. The molecule has 3 aliphatic carbocycles. The maximum atomic E-state index is 11.5. The maximum Gasteiger partial charge on any atom is 0.120 e. The average Bonchev–Trinajstić information content (AvgIpc) is 3.23. The summed E-state index contributed by atoms with van der Waals surface area (Å²) < 4.78 is 6.16. The highest BCUT2D eigenvalue weighted by Crippen LogP contribution is 2.62.